The first-order valence-electron chi connectivity index (χ1n) is 6.20. The van der Waals surface area contributed by atoms with E-state index in [-0.39, 0.29) is 23.6 Å². The van der Waals surface area contributed by atoms with Gasteiger partial charge in [0.05, 0.1) is 19.3 Å². The van der Waals surface area contributed by atoms with E-state index in [1.54, 1.807) is 0 Å². The maximum Gasteiger partial charge on any atom is 0.339 e. The highest BCUT2D eigenvalue weighted by atomic mass is 16.5. The zero-order chi connectivity index (χ0) is 15.8. The molecule has 0 spiro atoms. The van der Waals surface area contributed by atoms with Gasteiger partial charge in [0.1, 0.15) is 6.54 Å². The Labute approximate surface area is 121 Å². The van der Waals surface area contributed by atoms with Gasteiger partial charge in [-0.05, 0) is 12.5 Å². The number of amides is 1. The van der Waals surface area contributed by atoms with Crippen molar-refractivity contribution in [1.29, 1.82) is 0 Å². The highest BCUT2D eigenvalue weighted by Crippen LogP contribution is 2.18. The van der Waals surface area contributed by atoms with Crippen molar-refractivity contribution in [3.8, 4) is 5.75 Å². The van der Waals surface area contributed by atoms with E-state index in [0.717, 1.165) is 0 Å². The number of pyridine rings is 1. The second kappa shape index (κ2) is 7.83. The molecule has 0 unspecified atom stereocenters. The quantitative estimate of drug-likeness (QED) is 0.703. The lowest BCUT2D eigenvalue weighted by molar-refractivity contribution is -0.135. The van der Waals surface area contributed by atoms with Crippen LogP contribution < -0.4 is 10.1 Å². The van der Waals surface area contributed by atoms with Crippen LogP contribution in [0.1, 0.15) is 34.2 Å². The lowest BCUT2D eigenvalue weighted by atomic mass is 10.2. The molecule has 1 aromatic rings. The Morgan fingerprint density at radius 3 is 2.67 bits per heavy atom. The topological polar surface area (TPSA) is 115 Å². The minimum Gasteiger partial charge on any atom is -0.494 e. The average molecular weight is 296 g/mol. The van der Waals surface area contributed by atoms with E-state index in [1.165, 1.54) is 19.4 Å². The average Bonchev–Trinajstić information content (AvgIpc) is 2.49. The van der Waals surface area contributed by atoms with Crippen molar-refractivity contribution in [3.05, 3.63) is 23.5 Å². The summed E-state index contributed by atoms with van der Waals surface area (Å²) < 4.78 is 9.93. The first-order chi connectivity index (χ1) is 9.99. The van der Waals surface area contributed by atoms with Gasteiger partial charge < -0.3 is 19.9 Å². The molecule has 0 saturated carbocycles. The molecule has 1 aromatic heterocycles. The molecule has 0 fully saturated rings. The van der Waals surface area contributed by atoms with Crippen LogP contribution in [0.15, 0.2) is 12.3 Å². The van der Waals surface area contributed by atoms with Gasteiger partial charge in [-0.15, -0.1) is 0 Å². The van der Waals surface area contributed by atoms with Crippen LogP contribution in [0.25, 0.3) is 0 Å². The number of hydrogen-bond acceptors (Lipinski definition) is 6. The number of rotatable bonds is 7. The van der Waals surface area contributed by atoms with Gasteiger partial charge in [-0.25, -0.2) is 9.78 Å². The molecule has 1 amide bonds. The van der Waals surface area contributed by atoms with Gasteiger partial charge in [0, 0.05) is 6.20 Å². The molecule has 8 heteroatoms. The van der Waals surface area contributed by atoms with Gasteiger partial charge in [-0.2, -0.15) is 0 Å². The summed E-state index contributed by atoms with van der Waals surface area (Å²) in [7, 11) is 1.31. The Bertz CT molecular complexity index is 543. The van der Waals surface area contributed by atoms with Crippen molar-refractivity contribution in [2.45, 2.75) is 13.3 Å². The van der Waals surface area contributed by atoms with E-state index < -0.39 is 24.4 Å². The molecule has 114 valence electrons. The molecule has 0 aliphatic heterocycles. The Balaban J connectivity index is 2.90. The third-order valence-corrected chi connectivity index (χ3v) is 2.36. The lowest BCUT2D eigenvalue weighted by Crippen LogP contribution is -2.30. The van der Waals surface area contributed by atoms with Crippen molar-refractivity contribution in [2.24, 2.45) is 0 Å². The summed E-state index contributed by atoms with van der Waals surface area (Å²) in [5, 5.41) is 10.7. The zero-order valence-corrected chi connectivity index (χ0v) is 11.7. The van der Waals surface area contributed by atoms with Gasteiger partial charge in [0.15, 0.2) is 11.4 Å². The van der Waals surface area contributed by atoms with Crippen LogP contribution >= 0.6 is 0 Å². The minimum atomic E-state index is -1.18. The van der Waals surface area contributed by atoms with Crippen molar-refractivity contribution >= 4 is 17.8 Å². The molecule has 0 bridgehead atoms. The van der Waals surface area contributed by atoms with Crippen LogP contribution in [0.3, 0.4) is 0 Å². The normalized spacial score (nSPS) is 9.81. The molecule has 0 aliphatic carbocycles. The molecule has 0 aliphatic rings. The van der Waals surface area contributed by atoms with Gasteiger partial charge >= 0.3 is 11.9 Å². The molecule has 0 saturated heterocycles. The zero-order valence-electron chi connectivity index (χ0n) is 11.7. The van der Waals surface area contributed by atoms with Crippen LogP contribution in [0.4, 0.5) is 0 Å². The number of nitrogens with one attached hydrogen (secondary N) is 1. The van der Waals surface area contributed by atoms with Gasteiger partial charge in [0.25, 0.3) is 5.91 Å². The number of carbonyl (C=O) groups excluding carboxylic acids is 2. The first-order valence-corrected chi connectivity index (χ1v) is 6.20. The number of carboxylic acid groups (broad SMARTS) is 1. The number of carboxylic acids is 1. The number of methoxy groups -OCH3 is 1. The second-order valence-corrected chi connectivity index (χ2v) is 3.99. The highest BCUT2D eigenvalue weighted by Gasteiger charge is 2.18. The van der Waals surface area contributed by atoms with E-state index in [9.17, 15) is 14.4 Å². The molecule has 8 nitrogen and oxygen atoms in total. The van der Waals surface area contributed by atoms with E-state index >= 15 is 0 Å². The number of hydrogen-bond donors (Lipinski definition) is 2. The summed E-state index contributed by atoms with van der Waals surface area (Å²) >= 11 is 0. The maximum atomic E-state index is 11.7. The van der Waals surface area contributed by atoms with Crippen molar-refractivity contribution < 1.29 is 29.0 Å². The van der Waals surface area contributed by atoms with Crippen LogP contribution in [0.2, 0.25) is 0 Å². The summed E-state index contributed by atoms with van der Waals surface area (Å²) in [6.07, 6.45) is 1.86. The van der Waals surface area contributed by atoms with Crippen molar-refractivity contribution in [3.63, 3.8) is 0 Å². The van der Waals surface area contributed by atoms with Crippen molar-refractivity contribution in [2.75, 3.05) is 20.3 Å². The van der Waals surface area contributed by atoms with E-state index in [2.05, 4.69) is 10.3 Å². The highest BCUT2D eigenvalue weighted by molar-refractivity contribution is 5.98. The van der Waals surface area contributed by atoms with Crippen LogP contribution in [-0.2, 0) is 9.53 Å². The molecule has 0 radical (unpaired) electrons. The first kappa shape index (κ1) is 16.4. The standard InChI is InChI=1S/C13H16N2O6/c1-3-4-21-13(19)8-5-9(20-2)11(14-6-8)12(18)15-7-10(16)17/h5-6H,3-4,7H2,1-2H3,(H,15,18)(H,16,17). The third-order valence-electron chi connectivity index (χ3n) is 2.36. The monoisotopic (exact) mass is 296 g/mol. The number of nitrogens with zero attached hydrogens (tertiary/aromatic N) is 1. The Morgan fingerprint density at radius 2 is 2.10 bits per heavy atom. The lowest BCUT2D eigenvalue weighted by Gasteiger charge is -2.09. The fraction of sp³-hybridized carbons (Fsp3) is 0.385. The summed E-state index contributed by atoms with van der Waals surface area (Å²) in [6, 6.07) is 1.32. The summed E-state index contributed by atoms with van der Waals surface area (Å²) in [5.74, 6) is -2.39. The Morgan fingerprint density at radius 1 is 1.38 bits per heavy atom. The Kier molecular flexibility index (Phi) is 6.12. The summed E-state index contributed by atoms with van der Waals surface area (Å²) in [6.45, 7) is 1.61. The number of esters is 1. The smallest absolute Gasteiger partial charge is 0.339 e. The molecule has 0 aromatic carbocycles. The molecule has 21 heavy (non-hydrogen) atoms. The number of carbonyl (C=O) groups is 3. The number of aliphatic carboxylic acids is 1. The summed E-state index contributed by atoms with van der Waals surface area (Å²) in [5.41, 5.74) is 0.0425. The maximum absolute atomic E-state index is 11.7. The molecule has 1 rings (SSSR count). The largest absolute Gasteiger partial charge is 0.494 e. The summed E-state index contributed by atoms with van der Waals surface area (Å²) in [4.78, 5) is 37.7. The van der Waals surface area contributed by atoms with Gasteiger partial charge in [-0.3, -0.25) is 9.59 Å². The molecular weight excluding hydrogens is 280 g/mol. The Hall–Kier alpha value is -2.64. The second-order valence-electron chi connectivity index (χ2n) is 3.99. The fourth-order valence-electron chi connectivity index (χ4n) is 1.40. The van der Waals surface area contributed by atoms with Gasteiger partial charge in [-0.1, -0.05) is 6.92 Å². The van der Waals surface area contributed by atoms with Crippen LogP contribution in [-0.4, -0.2) is 48.2 Å². The van der Waals surface area contributed by atoms with Crippen LogP contribution in [0, 0.1) is 0 Å². The van der Waals surface area contributed by atoms with Crippen molar-refractivity contribution in [1.82, 2.24) is 10.3 Å². The fourth-order valence-corrected chi connectivity index (χ4v) is 1.40. The van der Waals surface area contributed by atoms with E-state index in [4.69, 9.17) is 14.6 Å². The predicted octanol–water partition coefficient (Wildman–Crippen LogP) is 0.471. The van der Waals surface area contributed by atoms with E-state index in [0.29, 0.717) is 6.42 Å². The molecular formula is C13H16N2O6. The minimum absolute atomic E-state index is 0.0591. The van der Waals surface area contributed by atoms with E-state index in [1.807, 2.05) is 6.92 Å². The van der Waals surface area contributed by atoms with Crippen LogP contribution in [0.5, 0.6) is 5.75 Å². The third kappa shape index (κ3) is 4.75. The predicted molar refractivity (Wildman–Crippen MR) is 71.3 cm³/mol. The van der Waals surface area contributed by atoms with Gasteiger partial charge in [0.2, 0.25) is 0 Å². The SMILES string of the molecule is CCCOC(=O)c1cnc(C(=O)NCC(=O)O)c(OC)c1. The number of aromatic nitrogens is 1. The molecule has 0 atom stereocenters. The molecule has 1 heterocycles. The number of ether oxygens (including phenoxy) is 2. The molecule has 2 N–H and O–H groups in total.